The van der Waals surface area contributed by atoms with E-state index >= 15 is 0 Å². The minimum Gasteiger partial charge on any atom is -0.469 e. The lowest BCUT2D eigenvalue weighted by Crippen LogP contribution is -2.63. The van der Waals surface area contributed by atoms with Crippen molar-refractivity contribution < 1.29 is 37.3 Å². The second kappa shape index (κ2) is 13.7. The van der Waals surface area contributed by atoms with Crippen LogP contribution < -0.4 is 0 Å². The van der Waals surface area contributed by atoms with Crippen LogP contribution in [-0.4, -0.2) is 73.8 Å². The van der Waals surface area contributed by atoms with Gasteiger partial charge in [-0.05, 0) is 55.7 Å². The van der Waals surface area contributed by atoms with Gasteiger partial charge in [0.05, 0.1) is 19.6 Å². The maximum absolute atomic E-state index is 12.8. The van der Waals surface area contributed by atoms with E-state index in [-0.39, 0.29) is 29.3 Å². The summed E-state index contributed by atoms with van der Waals surface area (Å²) < 4.78 is 44.4. The van der Waals surface area contributed by atoms with E-state index < -0.39 is 52.9 Å². The molecule has 1 aliphatic rings. The lowest BCUT2D eigenvalue weighted by Gasteiger charge is -2.52. The summed E-state index contributed by atoms with van der Waals surface area (Å²) in [7, 11) is -1.77. The molecule has 2 rings (SSSR count). The quantitative estimate of drug-likeness (QED) is 0.139. The molecule has 1 aliphatic heterocycles. The highest BCUT2D eigenvalue weighted by molar-refractivity contribution is 6.74. The highest BCUT2D eigenvalue weighted by Gasteiger charge is 2.54. The molecule has 8 nitrogen and oxygen atoms in total. The van der Waals surface area contributed by atoms with E-state index in [0.29, 0.717) is 0 Å². The van der Waals surface area contributed by atoms with Crippen LogP contribution in [0.2, 0.25) is 36.3 Å². The van der Waals surface area contributed by atoms with Crippen LogP contribution in [0.25, 0.3) is 0 Å². The fraction of sp³-hybridized carbons (Fsp3) is 0.774. The summed E-state index contributed by atoms with van der Waals surface area (Å²) in [6, 6.07) is 10.1. The van der Waals surface area contributed by atoms with Crippen molar-refractivity contribution in [3.63, 3.8) is 0 Å². The minimum atomic E-state index is -2.38. The molecule has 1 fully saturated rings. The third-order valence-electron chi connectivity index (χ3n) is 8.73. The van der Waals surface area contributed by atoms with Gasteiger partial charge in [0.1, 0.15) is 31.2 Å². The molecule has 236 valence electrons. The average molecular weight is 613 g/mol. The monoisotopic (exact) mass is 612 g/mol. The lowest BCUT2D eigenvalue weighted by atomic mass is 9.92. The summed E-state index contributed by atoms with van der Waals surface area (Å²) >= 11 is 0. The van der Waals surface area contributed by atoms with Crippen molar-refractivity contribution in [2.75, 3.05) is 21.0 Å². The molecule has 0 aromatic heterocycles. The third-order valence-corrected chi connectivity index (χ3v) is 17.7. The van der Waals surface area contributed by atoms with Gasteiger partial charge in [0.15, 0.2) is 22.4 Å². The molecule has 1 aromatic carbocycles. The Balaban J connectivity index is 2.75. The van der Waals surface area contributed by atoms with Gasteiger partial charge < -0.3 is 32.5 Å². The molecular weight excluding hydrogens is 557 g/mol. The molecule has 1 saturated heterocycles. The zero-order valence-electron chi connectivity index (χ0n) is 28.0. The Morgan fingerprint density at radius 3 is 1.98 bits per heavy atom. The van der Waals surface area contributed by atoms with Gasteiger partial charge in [-0.2, -0.15) is 0 Å². The lowest BCUT2D eigenvalue weighted by molar-refractivity contribution is -0.354. The Kier molecular flexibility index (Phi) is 12.0. The van der Waals surface area contributed by atoms with Crippen LogP contribution in [0.3, 0.4) is 0 Å². The molecule has 0 bridgehead atoms. The Morgan fingerprint density at radius 2 is 1.49 bits per heavy atom. The molecule has 41 heavy (non-hydrogen) atoms. The van der Waals surface area contributed by atoms with Crippen molar-refractivity contribution >= 4 is 22.6 Å². The molecule has 1 aromatic rings. The van der Waals surface area contributed by atoms with Crippen LogP contribution in [0.15, 0.2) is 30.3 Å². The highest BCUT2D eigenvalue weighted by Crippen LogP contribution is 2.46. The van der Waals surface area contributed by atoms with E-state index in [1.165, 1.54) is 7.11 Å². The predicted octanol–water partition coefficient (Wildman–Crippen LogP) is 7.21. The van der Waals surface area contributed by atoms with Gasteiger partial charge in [-0.3, -0.25) is 4.79 Å². The fourth-order valence-corrected chi connectivity index (χ4v) is 6.98. The van der Waals surface area contributed by atoms with E-state index in [2.05, 4.69) is 67.7 Å². The summed E-state index contributed by atoms with van der Waals surface area (Å²) in [5.74, 6) is -1.35. The van der Waals surface area contributed by atoms with Gasteiger partial charge >= 0.3 is 5.97 Å². The number of hydrogen-bond donors (Lipinski definition) is 0. The van der Waals surface area contributed by atoms with Crippen LogP contribution in [0.5, 0.6) is 0 Å². The van der Waals surface area contributed by atoms with Crippen molar-refractivity contribution in [2.24, 2.45) is 0 Å². The normalized spacial score (nSPS) is 23.6. The summed E-state index contributed by atoms with van der Waals surface area (Å²) in [4.78, 5) is 12.8. The van der Waals surface area contributed by atoms with E-state index in [1.807, 2.05) is 44.2 Å². The summed E-state index contributed by atoms with van der Waals surface area (Å²) in [5, 5.41) is -0.176. The molecule has 5 atom stereocenters. The van der Waals surface area contributed by atoms with Crippen LogP contribution in [0, 0.1) is 0 Å². The van der Waals surface area contributed by atoms with E-state index in [9.17, 15) is 4.79 Å². The maximum Gasteiger partial charge on any atom is 0.308 e. The molecule has 0 radical (unpaired) electrons. The van der Waals surface area contributed by atoms with Crippen molar-refractivity contribution in [3.8, 4) is 0 Å². The predicted molar refractivity (Wildman–Crippen MR) is 167 cm³/mol. The van der Waals surface area contributed by atoms with E-state index in [1.54, 1.807) is 7.11 Å². The number of hydrogen-bond acceptors (Lipinski definition) is 8. The third kappa shape index (κ3) is 9.43. The topological polar surface area (TPSA) is 81.7 Å². The fourth-order valence-electron chi connectivity index (χ4n) is 4.36. The van der Waals surface area contributed by atoms with Gasteiger partial charge in [0.2, 0.25) is 0 Å². The van der Waals surface area contributed by atoms with Crippen molar-refractivity contribution in [2.45, 2.75) is 134 Å². The van der Waals surface area contributed by atoms with Gasteiger partial charge in [-0.15, -0.1) is 0 Å². The van der Waals surface area contributed by atoms with E-state index in [4.69, 9.17) is 32.5 Å². The zero-order valence-corrected chi connectivity index (χ0v) is 30.0. The first-order valence-electron chi connectivity index (χ1n) is 14.6. The Labute approximate surface area is 251 Å². The summed E-state index contributed by atoms with van der Waals surface area (Å²) in [6.45, 7) is 25.7. The first-order chi connectivity index (χ1) is 18.7. The largest absolute Gasteiger partial charge is 0.469 e. The molecular formula is C31H56O8Si2. The number of rotatable bonds is 12. The Hall–Kier alpha value is -1.12. The molecule has 0 amide bonds. The SMILES string of the molecule is COCO[C@H]([C@H]1OC(C)(C)O[C@H](c2ccccc2)[C@H]1O[Si](C)(C)C(C)(C)C)[C@@H](CC(=O)OC)O[Si](C)(C)C(C)(C)C. The Morgan fingerprint density at radius 1 is 0.927 bits per heavy atom. The first kappa shape index (κ1) is 36.1. The molecule has 0 unspecified atom stereocenters. The van der Waals surface area contributed by atoms with Crippen LogP contribution >= 0.6 is 0 Å². The van der Waals surface area contributed by atoms with Crippen molar-refractivity contribution in [1.29, 1.82) is 0 Å². The number of esters is 1. The second-order valence-electron chi connectivity index (χ2n) is 14.5. The molecule has 0 spiro atoms. The second-order valence-corrected chi connectivity index (χ2v) is 24.0. The minimum absolute atomic E-state index is 0.00134. The summed E-state index contributed by atoms with van der Waals surface area (Å²) in [6.07, 6.45) is -3.02. The smallest absolute Gasteiger partial charge is 0.308 e. The van der Waals surface area contributed by atoms with Crippen molar-refractivity contribution in [1.82, 2.24) is 0 Å². The van der Waals surface area contributed by atoms with Crippen LogP contribution in [0.4, 0.5) is 0 Å². The van der Waals surface area contributed by atoms with Crippen LogP contribution in [-0.2, 0) is 37.3 Å². The summed E-state index contributed by atoms with van der Waals surface area (Å²) in [5.41, 5.74) is 0.984. The Bertz CT molecular complexity index is 969. The molecule has 0 N–H and O–H groups in total. The van der Waals surface area contributed by atoms with Gasteiger partial charge in [-0.1, -0.05) is 71.9 Å². The first-order valence-corrected chi connectivity index (χ1v) is 20.4. The van der Waals surface area contributed by atoms with Gasteiger partial charge in [0.25, 0.3) is 0 Å². The van der Waals surface area contributed by atoms with Crippen LogP contribution in [0.1, 0.15) is 73.5 Å². The molecule has 1 heterocycles. The van der Waals surface area contributed by atoms with Gasteiger partial charge in [0, 0.05) is 7.11 Å². The maximum atomic E-state index is 12.8. The zero-order chi connectivity index (χ0) is 31.4. The average Bonchev–Trinajstić information content (AvgIpc) is 2.84. The molecule has 10 heteroatoms. The van der Waals surface area contributed by atoms with Crippen molar-refractivity contribution in [3.05, 3.63) is 35.9 Å². The number of carbonyl (C=O) groups is 1. The molecule has 0 saturated carbocycles. The molecule has 0 aliphatic carbocycles. The van der Waals surface area contributed by atoms with Gasteiger partial charge in [-0.25, -0.2) is 0 Å². The van der Waals surface area contributed by atoms with E-state index in [0.717, 1.165) is 5.56 Å². The number of ether oxygens (including phenoxy) is 5. The number of methoxy groups -OCH3 is 2. The highest BCUT2D eigenvalue weighted by atomic mass is 28.4. The number of benzene rings is 1. The number of carbonyl (C=O) groups excluding carboxylic acids is 1. The standard InChI is InChI=1S/C31H56O8Si2/c1-29(2,3)40(11,12)38-23(20-24(32)34-10)26(35-21-33-9)27-28(39-41(13,14)30(4,5)6)25(36-31(7,8)37-27)22-18-16-15-17-19-22/h15-19,23,25-28H,20-21H2,1-14H3/t23-,25-,26+,27-,28-/m1/s1.